The zero-order valence-electron chi connectivity index (χ0n) is 11.2. The lowest BCUT2D eigenvalue weighted by Crippen LogP contribution is -2.20. The average Bonchev–Trinajstić information content (AvgIpc) is 2.86. The van der Waals surface area contributed by atoms with Crippen molar-refractivity contribution >= 4 is 34.2 Å². The van der Waals surface area contributed by atoms with Crippen LogP contribution in [0.3, 0.4) is 0 Å². The fourth-order valence-electron chi connectivity index (χ4n) is 2.03. The summed E-state index contributed by atoms with van der Waals surface area (Å²) in [5.74, 6) is 0. The summed E-state index contributed by atoms with van der Waals surface area (Å²) < 4.78 is 0. The predicted octanol–water partition coefficient (Wildman–Crippen LogP) is 3.58. The molecule has 0 amide bonds. The molecule has 1 aromatic heterocycles. The van der Waals surface area contributed by atoms with Crippen LogP contribution in [0.15, 0.2) is 36.4 Å². The van der Waals surface area contributed by atoms with Crippen molar-refractivity contribution in [2.24, 2.45) is 5.73 Å². The van der Waals surface area contributed by atoms with E-state index in [4.69, 9.17) is 18.0 Å². The highest BCUT2D eigenvalue weighted by Gasteiger charge is 2.10. The number of anilines is 1. The first kappa shape index (κ1) is 14.0. The molecule has 0 fully saturated rings. The van der Waals surface area contributed by atoms with Gasteiger partial charge in [-0.05, 0) is 30.7 Å². The van der Waals surface area contributed by atoms with E-state index in [9.17, 15) is 0 Å². The van der Waals surface area contributed by atoms with E-state index < -0.39 is 0 Å². The van der Waals surface area contributed by atoms with E-state index in [1.54, 1.807) is 0 Å². The summed E-state index contributed by atoms with van der Waals surface area (Å²) in [6, 6.07) is 12.4. The molecule has 0 radical (unpaired) electrons. The van der Waals surface area contributed by atoms with Crippen molar-refractivity contribution < 1.29 is 0 Å². The van der Waals surface area contributed by atoms with Crippen LogP contribution in [0.5, 0.6) is 0 Å². The number of benzene rings is 1. The van der Waals surface area contributed by atoms with Gasteiger partial charge in [-0.2, -0.15) is 0 Å². The predicted molar refractivity (Wildman–Crippen MR) is 88.1 cm³/mol. The first-order valence-corrected chi connectivity index (χ1v) is 7.52. The maximum atomic E-state index is 5.78. The Morgan fingerprint density at radius 3 is 2.53 bits per heavy atom. The standard InChI is InChI=1S/C15H18N2S2/c1-3-11-8-9-12(19-11)10-17(2)14-7-5-4-6-13(14)15(16)18/h4-9H,3,10H2,1-2H3,(H2,16,18). The number of nitrogens with two attached hydrogens (primary N) is 1. The lowest BCUT2D eigenvalue weighted by atomic mass is 10.1. The van der Waals surface area contributed by atoms with E-state index in [0.29, 0.717) is 4.99 Å². The second kappa shape index (κ2) is 6.17. The van der Waals surface area contributed by atoms with Gasteiger partial charge in [-0.1, -0.05) is 31.3 Å². The number of rotatable bonds is 5. The van der Waals surface area contributed by atoms with Gasteiger partial charge in [0.25, 0.3) is 0 Å². The van der Waals surface area contributed by atoms with Crippen LogP contribution in [0.1, 0.15) is 22.2 Å². The van der Waals surface area contributed by atoms with Gasteiger partial charge in [-0.25, -0.2) is 0 Å². The third kappa shape index (κ3) is 3.33. The zero-order chi connectivity index (χ0) is 13.8. The van der Waals surface area contributed by atoms with Gasteiger partial charge in [0.2, 0.25) is 0 Å². The SMILES string of the molecule is CCc1ccc(CN(C)c2ccccc2C(N)=S)s1. The quantitative estimate of drug-likeness (QED) is 0.853. The maximum absolute atomic E-state index is 5.78. The summed E-state index contributed by atoms with van der Waals surface area (Å²) in [4.78, 5) is 5.42. The highest BCUT2D eigenvalue weighted by Crippen LogP contribution is 2.24. The summed E-state index contributed by atoms with van der Waals surface area (Å²) in [7, 11) is 2.07. The summed E-state index contributed by atoms with van der Waals surface area (Å²) in [6.07, 6.45) is 1.10. The zero-order valence-corrected chi connectivity index (χ0v) is 12.9. The molecule has 0 atom stereocenters. The molecule has 4 heteroatoms. The van der Waals surface area contributed by atoms with Gasteiger partial charge >= 0.3 is 0 Å². The van der Waals surface area contributed by atoms with Crippen molar-refractivity contribution in [1.82, 2.24) is 0 Å². The summed E-state index contributed by atoms with van der Waals surface area (Å²) >= 11 is 6.97. The molecule has 0 aliphatic carbocycles. The Morgan fingerprint density at radius 1 is 1.21 bits per heavy atom. The van der Waals surface area contributed by atoms with Gasteiger partial charge in [0.05, 0.1) is 6.54 Å². The monoisotopic (exact) mass is 290 g/mol. The molecule has 0 saturated carbocycles. The van der Waals surface area contributed by atoms with Crippen LogP contribution in [0, 0.1) is 0 Å². The highest BCUT2D eigenvalue weighted by molar-refractivity contribution is 7.80. The third-order valence-corrected chi connectivity index (χ3v) is 4.47. The van der Waals surface area contributed by atoms with E-state index in [2.05, 4.69) is 37.1 Å². The Hall–Kier alpha value is -1.39. The lowest BCUT2D eigenvalue weighted by Gasteiger charge is -2.21. The van der Waals surface area contributed by atoms with Crippen LogP contribution in [-0.4, -0.2) is 12.0 Å². The van der Waals surface area contributed by atoms with Crippen LogP contribution in [0.2, 0.25) is 0 Å². The molecule has 0 spiro atoms. The van der Waals surface area contributed by atoms with Crippen molar-refractivity contribution in [2.75, 3.05) is 11.9 Å². The molecule has 2 aromatic rings. The molecule has 19 heavy (non-hydrogen) atoms. The molecule has 2 N–H and O–H groups in total. The molecule has 0 aliphatic heterocycles. The molecular weight excluding hydrogens is 272 g/mol. The van der Waals surface area contributed by atoms with Crippen LogP contribution in [0.25, 0.3) is 0 Å². The summed E-state index contributed by atoms with van der Waals surface area (Å²) in [5.41, 5.74) is 7.80. The van der Waals surface area contributed by atoms with Gasteiger partial charge in [0.1, 0.15) is 4.99 Å². The smallest absolute Gasteiger partial charge is 0.106 e. The second-order valence-corrected chi connectivity index (χ2v) is 6.15. The van der Waals surface area contributed by atoms with E-state index in [-0.39, 0.29) is 0 Å². The number of aryl methyl sites for hydroxylation is 1. The van der Waals surface area contributed by atoms with Crippen molar-refractivity contribution in [3.05, 3.63) is 51.7 Å². The summed E-state index contributed by atoms with van der Waals surface area (Å²) in [6.45, 7) is 3.06. The minimum Gasteiger partial charge on any atom is -0.389 e. The Morgan fingerprint density at radius 2 is 1.89 bits per heavy atom. The molecule has 100 valence electrons. The molecular formula is C15H18N2S2. The first-order chi connectivity index (χ1) is 9.11. The summed E-state index contributed by atoms with van der Waals surface area (Å²) in [5, 5.41) is 0. The fraction of sp³-hybridized carbons (Fsp3) is 0.267. The third-order valence-electron chi connectivity index (χ3n) is 3.04. The first-order valence-electron chi connectivity index (χ1n) is 6.29. The number of hydrogen-bond acceptors (Lipinski definition) is 3. The Labute approximate surface area is 123 Å². The molecule has 0 bridgehead atoms. The minimum absolute atomic E-state index is 0.447. The van der Waals surface area contributed by atoms with Crippen LogP contribution >= 0.6 is 23.6 Å². The largest absolute Gasteiger partial charge is 0.389 e. The number of nitrogens with zero attached hydrogens (tertiary/aromatic N) is 1. The van der Waals surface area contributed by atoms with Crippen molar-refractivity contribution in [3.8, 4) is 0 Å². The van der Waals surface area contributed by atoms with Gasteiger partial charge < -0.3 is 10.6 Å². The minimum atomic E-state index is 0.447. The van der Waals surface area contributed by atoms with Gasteiger partial charge in [-0.15, -0.1) is 11.3 Å². The molecule has 1 heterocycles. The van der Waals surface area contributed by atoms with Crippen molar-refractivity contribution in [1.29, 1.82) is 0 Å². The van der Waals surface area contributed by atoms with Gasteiger partial charge in [-0.3, -0.25) is 0 Å². The Bertz CT molecular complexity index is 575. The molecule has 0 aliphatic rings. The van der Waals surface area contributed by atoms with E-state index in [1.807, 2.05) is 29.5 Å². The second-order valence-electron chi connectivity index (χ2n) is 4.46. The van der Waals surface area contributed by atoms with Crippen LogP contribution in [0.4, 0.5) is 5.69 Å². The van der Waals surface area contributed by atoms with Gasteiger partial charge in [0.15, 0.2) is 0 Å². The van der Waals surface area contributed by atoms with Crippen LogP contribution < -0.4 is 10.6 Å². The highest BCUT2D eigenvalue weighted by atomic mass is 32.1. The molecule has 2 rings (SSSR count). The Balaban J connectivity index is 2.20. The molecule has 2 nitrogen and oxygen atoms in total. The van der Waals surface area contributed by atoms with Crippen molar-refractivity contribution in [3.63, 3.8) is 0 Å². The molecule has 0 saturated heterocycles. The van der Waals surface area contributed by atoms with Gasteiger partial charge in [0, 0.05) is 28.1 Å². The van der Waals surface area contributed by atoms with E-state index in [1.165, 1.54) is 9.75 Å². The fourth-order valence-corrected chi connectivity index (χ4v) is 3.22. The normalized spacial score (nSPS) is 10.4. The number of thiocarbonyl (C=S) groups is 1. The van der Waals surface area contributed by atoms with Crippen molar-refractivity contribution in [2.45, 2.75) is 19.9 Å². The number of para-hydroxylation sites is 1. The van der Waals surface area contributed by atoms with E-state index >= 15 is 0 Å². The number of hydrogen-bond donors (Lipinski definition) is 1. The maximum Gasteiger partial charge on any atom is 0.106 e. The van der Waals surface area contributed by atoms with Crippen LogP contribution in [-0.2, 0) is 13.0 Å². The Kier molecular flexibility index (Phi) is 4.56. The van der Waals surface area contributed by atoms with E-state index in [0.717, 1.165) is 24.2 Å². The lowest BCUT2D eigenvalue weighted by molar-refractivity contribution is 0.939. The molecule has 0 unspecified atom stereocenters. The number of thiophene rings is 1. The molecule has 1 aromatic carbocycles. The average molecular weight is 290 g/mol. The topological polar surface area (TPSA) is 29.3 Å².